The van der Waals surface area contributed by atoms with Crippen LogP contribution in [0.4, 0.5) is 30.4 Å². The third kappa shape index (κ3) is 63.9. The Hall–Kier alpha value is -4.07. The second-order valence-corrected chi connectivity index (χ2v) is 28.8. The van der Waals surface area contributed by atoms with Gasteiger partial charge in [0, 0.05) is 31.6 Å². The second kappa shape index (κ2) is 47.8. The first-order valence-electron chi connectivity index (χ1n) is 29.1. The van der Waals surface area contributed by atoms with Crippen LogP contribution in [0.3, 0.4) is 0 Å². The van der Waals surface area contributed by atoms with Crippen molar-refractivity contribution in [3.8, 4) is 0 Å². The van der Waals surface area contributed by atoms with Crippen molar-refractivity contribution in [2.75, 3.05) is 71.6 Å². The van der Waals surface area contributed by atoms with E-state index >= 15 is 0 Å². The molecule has 89 heavy (non-hydrogen) atoms. The van der Waals surface area contributed by atoms with Crippen molar-refractivity contribution >= 4 is 57.7 Å². The van der Waals surface area contributed by atoms with E-state index in [1.54, 1.807) is 16.3 Å². The van der Waals surface area contributed by atoms with Crippen molar-refractivity contribution in [2.24, 2.45) is 21.1 Å². The molecule has 3 aromatic heterocycles. The van der Waals surface area contributed by atoms with Crippen molar-refractivity contribution in [1.29, 1.82) is 0 Å². The first-order valence-corrected chi connectivity index (χ1v) is 37.5. The molecule has 0 amide bonds. The van der Waals surface area contributed by atoms with Crippen molar-refractivity contribution in [3.63, 3.8) is 0 Å². The van der Waals surface area contributed by atoms with Crippen LogP contribution in [0.15, 0.2) is 85.3 Å². The normalized spacial score (nSPS) is 12.9. The molecular weight excluding hydrogens is 1290 g/mol. The van der Waals surface area contributed by atoms with E-state index in [9.17, 15) is 60.2 Å². The highest BCUT2D eigenvalue weighted by molar-refractivity contribution is 8.12. The smallest absolute Gasteiger partial charge is 0.673 e. The van der Waals surface area contributed by atoms with Crippen LogP contribution in [0, 0.1) is 6.92 Å². The van der Waals surface area contributed by atoms with Gasteiger partial charge in [0.15, 0.2) is 10.0 Å². The third-order valence-corrected chi connectivity index (χ3v) is 15.3. The molecule has 22 nitrogen and oxygen atoms in total. The van der Waals surface area contributed by atoms with Crippen molar-refractivity contribution in [3.05, 3.63) is 90.1 Å². The van der Waals surface area contributed by atoms with Crippen LogP contribution < -0.4 is 13.7 Å². The maximum Gasteiger partial charge on any atom is 0.673 e. The fourth-order valence-corrected chi connectivity index (χ4v) is 9.73. The zero-order valence-electron chi connectivity index (χ0n) is 55.2. The predicted molar refractivity (Wildman–Crippen MR) is 332 cm³/mol. The minimum atomic E-state index is -6.00. The quantitative estimate of drug-likeness (QED) is 0.0248. The average molecular weight is 1390 g/mol. The SMILES string of the molecule is CCCC[N+](CCCC)(CCCC)CCCC.CCCC[N+]1(C)CCCC1.CCn1cc[n+](C)c1.CCn1cc[n+](C)c1.CCn1cc[n+](C)c1.CS(=O)(=O)[N-]S(=O)(=O)C(F)(F)F.CS(=O)(=O)[O-].CS(=O)(=O)[O-].Cc1ccc(S(=O)(=O)[O-])cc1.F[B-](F)(F)F. The number of alkyl halides is 3. The molecule has 0 N–H and O–H groups in total. The summed E-state index contributed by atoms with van der Waals surface area (Å²) in [5.74, 6) is 0. The number of halogens is 7. The molecule has 0 radical (unpaired) electrons. The lowest BCUT2D eigenvalue weighted by molar-refractivity contribution is -0.929. The van der Waals surface area contributed by atoms with Gasteiger partial charge < -0.3 is 44.0 Å². The lowest BCUT2D eigenvalue weighted by Crippen LogP contribution is -2.50. The van der Waals surface area contributed by atoms with Crippen LogP contribution in [-0.4, -0.2) is 163 Å². The van der Waals surface area contributed by atoms with Crippen molar-refractivity contribution in [1.82, 2.24) is 13.7 Å². The molecule has 1 aliphatic heterocycles. The summed E-state index contributed by atoms with van der Waals surface area (Å²) in [4.78, 5) is -0.178. The summed E-state index contributed by atoms with van der Waals surface area (Å²) >= 11 is 0. The minimum absolute atomic E-state index is 0.178. The largest absolute Gasteiger partial charge is 0.748 e. The second-order valence-electron chi connectivity index (χ2n) is 21.1. The molecule has 5 rings (SSSR count). The molecule has 4 heterocycles. The van der Waals surface area contributed by atoms with E-state index in [1.165, 1.54) is 144 Å². The topological polar surface area (TPSA) is 280 Å². The van der Waals surface area contributed by atoms with Crippen LogP contribution in [-0.2, 0) is 91.2 Å². The Balaban J connectivity index is -0.000000300. The van der Waals surface area contributed by atoms with E-state index in [1.807, 2.05) is 60.4 Å². The van der Waals surface area contributed by atoms with Gasteiger partial charge in [-0.25, -0.2) is 69.5 Å². The van der Waals surface area contributed by atoms with Gasteiger partial charge >= 0.3 is 12.8 Å². The molecule has 4 aromatic rings. The van der Waals surface area contributed by atoms with Gasteiger partial charge in [-0.05, 0) is 71.9 Å². The predicted octanol–water partition coefficient (Wildman–Crippen LogP) is 8.72. The molecule has 1 saturated heterocycles. The molecule has 0 unspecified atom stereocenters. The maximum atomic E-state index is 11.4. The third-order valence-electron chi connectivity index (χ3n) is 12.0. The van der Waals surface area contributed by atoms with E-state index < -0.39 is 63.2 Å². The van der Waals surface area contributed by atoms with Crippen LogP contribution >= 0.6 is 0 Å². The lowest BCUT2D eigenvalue weighted by Gasteiger charge is -2.39. The highest BCUT2D eigenvalue weighted by atomic mass is 32.3. The van der Waals surface area contributed by atoms with Gasteiger partial charge in [0.1, 0.15) is 47.3 Å². The van der Waals surface area contributed by atoms with Gasteiger partial charge in [-0.3, -0.25) is 0 Å². The minimum Gasteiger partial charge on any atom is -0.748 e. The number of hydrogen-bond acceptors (Lipinski definition) is 13. The maximum absolute atomic E-state index is 11.4. The first-order chi connectivity index (χ1) is 40.4. The van der Waals surface area contributed by atoms with Crippen LogP contribution in [0.5, 0.6) is 0 Å². The summed E-state index contributed by atoms with van der Waals surface area (Å²) in [5.41, 5.74) is -4.74. The Morgan fingerprint density at radius 2 is 0.820 bits per heavy atom. The molecule has 0 bridgehead atoms. The molecule has 1 aromatic carbocycles. The number of hydrogen-bond donors (Lipinski definition) is 0. The van der Waals surface area contributed by atoms with Gasteiger partial charge in [-0.1, -0.05) is 84.4 Å². The monoisotopic (exact) mass is 1390 g/mol. The number of aryl methyl sites for hydroxylation is 7. The number of unbranched alkanes of at least 4 members (excludes halogenated alkanes) is 5. The number of sulfonamides is 2. The number of nitrogens with zero attached hydrogens (tertiary/aromatic N) is 9. The van der Waals surface area contributed by atoms with Gasteiger partial charge in [-0.15, -0.1) is 0 Å². The Kier molecular flexibility index (Phi) is 50.3. The molecule has 35 heteroatoms. The molecule has 1 fully saturated rings. The summed E-state index contributed by atoms with van der Waals surface area (Å²) in [7, 11) is -20.1. The average Bonchev–Trinajstić information content (AvgIpc) is 3.11. The molecule has 0 saturated carbocycles. The zero-order chi connectivity index (χ0) is 70.6. The standard InChI is InChI=1S/C16H36N.C9H20N.C7H8O3S.3C6H11N2.C2H3F3NO4S2.2CH4O3S.BF4/c1-5-9-13-17(14-10-6-2,15-11-7-3)16-12-8-4;1-3-4-7-10(2)8-5-6-9-10;1-6-2-4-7(5-3-6)11(8,9)10;3*1-3-8-5-4-7(2)6-8;1-11(7,8)6-12(9,10)2(3,4)5;2*1-5(2,3)4;2-1(3,4)5/h5-16H2,1-4H3;3-9H2,1-2H3;2-5H,1H3,(H,8,9,10);3*4-6H,3H2,1-2H3;1H3;2*1H3,(H,2,3,4);/q2*+1;;3*+1;-1;;;-1/p-3. The summed E-state index contributed by atoms with van der Waals surface area (Å²) in [6, 6.07) is 5.78. The Morgan fingerprint density at radius 3 is 0.989 bits per heavy atom. The molecule has 0 spiro atoms. The summed E-state index contributed by atoms with van der Waals surface area (Å²) < 4.78 is 216. The number of likely N-dealkylation sites (tertiary alicyclic amines) is 1. The molecule has 526 valence electrons. The molecule has 0 atom stereocenters. The highest BCUT2D eigenvalue weighted by Crippen LogP contribution is 2.29. The van der Waals surface area contributed by atoms with E-state index in [0.717, 1.165) is 25.2 Å². The van der Waals surface area contributed by atoms with Crippen molar-refractivity contribution in [2.45, 2.75) is 169 Å². The zero-order valence-corrected chi connectivity index (χ0v) is 59.2. The Labute approximate surface area is 529 Å². The van der Waals surface area contributed by atoms with Gasteiger partial charge in [-0.2, -0.15) is 13.2 Å². The molecule has 0 aliphatic carbocycles. The number of aromatic nitrogens is 6. The highest BCUT2D eigenvalue weighted by Gasteiger charge is 2.40. The summed E-state index contributed by atoms with van der Waals surface area (Å²) in [5, 5.41) is 0. The van der Waals surface area contributed by atoms with Gasteiger partial charge in [0.05, 0.1) is 129 Å². The van der Waals surface area contributed by atoms with Crippen LogP contribution in [0.2, 0.25) is 0 Å². The summed E-state index contributed by atoms with van der Waals surface area (Å²) in [6.07, 6.45) is 36.6. The fourth-order valence-electron chi connectivity index (χ4n) is 7.50. The fraction of sp³-hybridized carbons (Fsp3) is 0.722. The summed E-state index contributed by atoms with van der Waals surface area (Å²) in [6.45, 7) is 32.9. The van der Waals surface area contributed by atoms with Crippen molar-refractivity contribution < 1.29 is 109 Å². The van der Waals surface area contributed by atoms with E-state index in [4.69, 9.17) is 25.9 Å². The van der Waals surface area contributed by atoms with E-state index in [-0.39, 0.29) is 11.2 Å². The Bertz CT molecular complexity index is 2820. The Morgan fingerprint density at radius 1 is 0.551 bits per heavy atom. The van der Waals surface area contributed by atoms with E-state index in [0.29, 0.717) is 12.5 Å². The van der Waals surface area contributed by atoms with Gasteiger partial charge in [0.2, 0.25) is 19.0 Å². The number of quaternary nitrogens is 2. The van der Waals surface area contributed by atoms with Crippen LogP contribution in [0.1, 0.15) is 138 Å². The lowest BCUT2D eigenvalue weighted by atomic mass is 10.1. The number of imidazole rings is 3. The molecular formula is C54H105BF7N9O13S5. The molecule has 1 aliphatic rings. The van der Waals surface area contributed by atoms with E-state index in [2.05, 4.69) is 114 Å². The number of rotatable bonds is 21. The first kappa shape index (κ1) is 93.6. The van der Waals surface area contributed by atoms with Gasteiger partial charge in [0.25, 0.3) is 0 Å². The number of benzene rings is 1. The van der Waals surface area contributed by atoms with Crippen LogP contribution in [0.25, 0.3) is 4.13 Å².